The highest BCUT2D eigenvalue weighted by atomic mass is 16.7. The summed E-state index contributed by atoms with van der Waals surface area (Å²) in [4.78, 5) is 33.3. The van der Waals surface area contributed by atoms with Crippen LogP contribution in [0.3, 0.4) is 0 Å². The smallest absolute Gasteiger partial charge is 0.268 e. The number of amides is 2. The third-order valence-corrected chi connectivity index (χ3v) is 6.53. The minimum atomic E-state index is -0.793. The van der Waals surface area contributed by atoms with Gasteiger partial charge in [-0.2, -0.15) is 5.10 Å². The fraction of sp³-hybridized carbons (Fsp3) is 0.357. The summed E-state index contributed by atoms with van der Waals surface area (Å²) < 4.78 is 17.5. The highest BCUT2D eigenvalue weighted by molar-refractivity contribution is 6.07. The number of nitrogens with one attached hydrogen (secondary N) is 2. The molecule has 2 aromatic carbocycles. The van der Waals surface area contributed by atoms with Crippen LogP contribution in [0.25, 0.3) is 5.69 Å². The van der Waals surface area contributed by atoms with Crippen LogP contribution in [-0.4, -0.2) is 91.6 Å². The number of rotatable bonds is 11. The van der Waals surface area contributed by atoms with Crippen LogP contribution in [0.5, 0.6) is 5.75 Å². The molecule has 2 N–H and O–H groups in total. The molecule has 0 saturated carbocycles. The Morgan fingerprint density at radius 1 is 1.12 bits per heavy atom. The largest absolute Gasteiger partial charge is 0.467 e. The SMILES string of the molecule is COCOc1ccccc1C1=NOC(C(=O)Nc2cnn(-c3cccc(C(=O)NCCN4CCOCC4)c3)c2)C1. The van der Waals surface area contributed by atoms with Gasteiger partial charge in [0, 0.05) is 50.8 Å². The molecule has 2 aliphatic heterocycles. The molecule has 3 heterocycles. The summed E-state index contributed by atoms with van der Waals surface area (Å²) in [6.45, 7) is 4.64. The fourth-order valence-electron chi connectivity index (χ4n) is 4.43. The lowest BCUT2D eigenvalue weighted by atomic mass is 10.0. The van der Waals surface area contributed by atoms with Gasteiger partial charge in [-0.05, 0) is 30.3 Å². The van der Waals surface area contributed by atoms with Crippen LogP contribution in [0.2, 0.25) is 0 Å². The average Bonchev–Trinajstić information content (AvgIpc) is 3.67. The first-order valence-electron chi connectivity index (χ1n) is 13.1. The van der Waals surface area contributed by atoms with Crippen LogP contribution in [0, 0.1) is 0 Å². The number of anilines is 1. The molecule has 0 spiro atoms. The first-order chi connectivity index (χ1) is 19.6. The molecule has 210 valence electrons. The minimum Gasteiger partial charge on any atom is -0.467 e. The third-order valence-electron chi connectivity index (χ3n) is 6.53. The molecule has 1 saturated heterocycles. The van der Waals surface area contributed by atoms with Crippen LogP contribution < -0.4 is 15.4 Å². The van der Waals surface area contributed by atoms with Crippen LogP contribution in [-0.2, 0) is 19.1 Å². The lowest BCUT2D eigenvalue weighted by molar-refractivity contribution is -0.125. The summed E-state index contributed by atoms with van der Waals surface area (Å²) in [7, 11) is 1.55. The maximum absolute atomic E-state index is 12.9. The van der Waals surface area contributed by atoms with Gasteiger partial charge in [0.2, 0.25) is 6.10 Å². The quantitative estimate of drug-likeness (QED) is 0.349. The molecule has 5 rings (SSSR count). The van der Waals surface area contributed by atoms with Crippen molar-refractivity contribution in [3.8, 4) is 11.4 Å². The summed E-state index contributed by atoms with van der Waals surface area (Å²) in [6, 6.07) is 14.5. The van der Waals surface area contributed by atoms with E-state index in [2.05, 4.69) is 25.8 Å². The highest BCUT2D eigenvalue weighted by Crippen LogP contribution is 2.25. The van der Waals surface area contributed by atoms with Gasteiger partial charge in [-0.1, -0.05) is 23.4 Å². The Balaban J connectivity index is 1.15. The number of aromatic nitrogens is 2. The number of carbonyl (C=O) groups is 2. The van der Waals surface area contributed by atoms with E-state index in [1.54, 1.807) is 36.2 Å². The molecule has 0 radical (unpaired) electrons. The Morgan fingerprint density at radius 2 is 1.98 bits per heavy atom. The number of oxime groups is 1. The number of hydrogen-bond acceptors (Lipinski definition) is 9. The molecule has 40 heavy (non-hydrogen) atoms. The Morgan fingerprint density at radius 3 is 2.83 bits per heavy atom. The third kappa shape index (κ3) is 6.84. The van der Waals surface area contributed by atoms with Gasteiger partial charge in [-0.25, -0.2) is 4.68 Å². The van der Waals surface area contributed by atoms with Crippen molar-refractivity contribution in [3.63, 3.8) is 0 Å². The number of hydrogen-bond donors (Lipinski definition) is 2. The normalized spacial score (nSPS) is 17.1. The molecule has 2 aliphatic rings. The molecule has 1 unspecified atom stereocenters. The molecule has 12 nitrogen and oxygen atoms in total. The molecule has 1 aromatic heterocycles. The molecule has 0 aliphatic carbocycles. The van der Waals surface area contributed by atoms with Crippen molar-refractivity contribution in [1.82, 2.24) is 20.0 Å². The molecular formula is C28H32N6O6. The first-order valence-corrected chi connectivity index (χ1v) is 13.1. The van der Waals surface area contributed by atoms with E-state index in [-0.39, 0.29) is 25.0 Å². The number of methoxy groups -OCH3 is 1. The summed E-state index contributed by atoms with van der Waals surface area (Å²) >= 11 is 0. The van der Waals surface area contributed by atoms with Gasteiger partial charge in [-0.15, -0.1) is 0 Å². The fourth-order valence-corrected chi connectivity index (χ4v) is 4.43. The topological polar surface area (TPSA) is 129 Å². The van der Waals surface area contributed by atoms with E-state index in [4.69, 9.17) is 19.0 Å². The molecule has 12 heteroatoms. The van der Waals surface area contributed by atoms with Crippen LogP contribution in [0.15, 0.2) is 66.1 Å². The number of benzene rings is 2. The number of nitrogens with zero attached hydrogens (tertiary/aromatic N) is 4. The second kappa shape index (κ2) is 13.2. The molecule has 3 aromatic rings. The standard InChI is InChI=1S/C28H32N6O6/c1-37-19-39-25-8-3-2-7-23(25)24-16-26(40-32-24)28(36)31-21-17-30-34(18-21)22-6-4-5-20(15-22)27(35)29-9-10-33-11-13-38-14-12-33/h2-8,15,17-18,26H,9-14,16,19H2,1H3,(H,29,35)(H,31,36). The first kappa shape index (κ1) is 27.3. The van der Waals surface area contributed by atoms with Crippen molar-refractivity contribution >= 4 is 23.2 Å². The molecule has 1 fully saturated rings. The molecule has 1 atom stereocenters. The second-order valence-electron chi connectivity index (χ2n) is 9.31. The molecular weight excluding hydrogens is 516 g/mol. The maximum atomic E-state index is 12.9. The lowest BCUT2D eigenvalue weighted by Crippen LogP contribution is -2.41. The highest BCUT2D eigenvalue weighted by Gasteiger charge is 2.30. The van der Waals surface area contributed by atoms with Gasteiger partial charge < -0.3 is 29.7 Å². The van der Waals surface area contributed by atoms with Gasteiger partial charge >= 0.3 is 0 Å². The van der Waals surface area contributed by atoms with Gasteiger partial charge in [0.15, 0.2) is 6.79 Å². The molecule has 0 bridgehead atoms. The number of carbonyl (C=O) groups excluding carboxylic acids is 2. The Kier molecular flexibility index (Phi) is 9.01. The van der Waals surface area contributed by atoms with Gasteiger partial charge in [-0.3, -0.25) is 14.5 Å². The zero-order valence-electron chi connectivity index (χ0n) is 22.2. The summed E-state index contributed by atoms with van der Waals surface area (Å²) in [6.07, 6.45) is 2.71. The van der Waals surface area contributed by atoms with Crippen molar-refractivity contribution in [3.05, 3.63) is 72.1 Å². The Bertz CT molecular complexity index is 1350. The van der Waals surface area contributed by atoms with E-state index in [9.17, 15) is 9.59 Å². The van der Waals surface area contributed by atoms with E-state index >= 15 is 0 Å². The van der Waals surface area contributed by atoms with Gasteiger partial charge in [0.1, 0.15) is 5.75 Å². The minimum absolute atomic E-state index is 0.0988. The lowest BCUT2D eigenvalue weighted by Gasteiger charge is -2.26. The van der Waals surface area contributed by atoms with Gasteiger partial charge in [0.05, 0.1) is 42.7 Å². The molecule has 2 amide bonds. The summed E-state index contributed by atoms with van der Waals surface area (Å²) in [5, 5.41) is 14.3. The van der Waals surface area contributed by atoms with Crippen molar-refractivity contribution < 1.29 is 28.6 Å². The van der Waals surface area contributed by atoms with Crippen molar-refractivity contribution in [1.29, 1.82) is 0 Å². The predicted molar refractivity (Wildman–Crippen MR) is 147 cm³/mol. The summed E-state index contributed by atoms with van der Waals surface area (Å²) in [5.41, 5.74) is 3.07. The average molecular weight is 549 g/mol. The summed E-state index contributed by atoms with van der Waals surface area (Å²) in [5.74, 6) is 0.100. The Labute approximate surface area is 231 Å². The van der Waals surface area contributed by atoms with E-state index in [1.807, 2.05) is 30.3 Å². The van der Waals surface area contributed by atoms with Crippen LogP contribution in [0.4, 0.5) is 5.69 Å². The van der Waals surface area contributed by atoms with E-state index in [1.165, 1.54) is 6.20 Å². The van der Waals surface area contributed by atoms with Crippen molar-refractivity contribution in [2.24, 2.45) is 5.16 Å². The van der Waals surface area contributed by atoms with E-state index in [0.717, 1.165) is 38.4 Å². The maximum Gasteiger partial charge on any atom is 0.268 e. The van der Waals surface area contributed by atoms with Crippen molar-refractivity contribution in [2.45, 2.75) is 12.5 Å². The van der Waals surface area contributed by atoms with Crippen molar-refractivity contribution in [2.75, 3.05) is 58.6 Å². The second-order valence-corrected chi connectivity index (χ2v) is 9.31. The van der Waals surface area contributed by atoms with E-state index < -0.39 is 6.10 Å². The number of ether oxygens (including phenoxy) is 3. The number of morpholine rings is 1. The van der Waals surface area contributed by atoms with Gasteiger partial charge in [0.25, 0.3) is 11.8 Å². The van der Waals surface area contributed by atoms with Crippen LogP contribution >= 0.6 is 0 Å². The predicted octanol–water partition coefficient (Wildman–Crippen LogP) is 2.05. The van der Waals surface area contributed by atoms with E-state index in [0.29, 0.717) is 34.9 Å². The van der Waals surface area contributed by atoms with Crippen LogP contribution in [0.1, 0.15) is 22.3 Å². The number of para-hydroxylation sites is 1. The monoisotopic (exact) mass is 548 g/mol. The zero-order valence-corrected chi connectivity index (χ0v) is 22.2. The zero-order chi connectivity index (χ0) is 27.7. The Hall–Kier alpha value is -4.26.